The highest BCUT2D eigenvalue weighted by Gasteiger charge is 2.41. The van der Waals surface area contributed by atoms with Gasteiger partial charge in [-0.25, -0.2) is 9.97 Å². The summed E-state index contributed by atoms with van der Waals surface area (Å²) >= 11 is 0. The molecule has 4 heterocycles. The monoisotopic (exact) mass is 390 g/mol. The highest BCUT2D eigenvalue weighted by atomic mass is 16.2. The molecule has 1 aliphatic heterocycles. The summed E-state index contributed by atoms with van der Waals surface area (Å²) in [5.41, 5.74) is 4.23. The van der Waals surface area contributed by atoms with Crippen molar-refractivity contribution in [1.29, 1.82) is 5.26 Å². The Morgan fingerprint density at radius 3 is 2.90 bits per heavy atom. The number of aromatic nitrogens is 5. The van der Waals surface area contributed by atoms with Crippen LogP contribution in [0.4, 0.5) is 0 Å². The van der Waals surface area contributed by atoms with Gasteiger partial charge in [-0.2, -0.15) is 10.4 Å². The molecule has 2 N–H and O–H groups in total. The van der Waals surface area contributed by atoms with Gasteiger partial charge in [-0.1, -0.05) is 6.08 Å². The molecule has 0 bridgehead atoms. The van der Waals surface area contributed by atoms with Crippen molar-refractivity contribution in [3.05, 3.63) is 36.4 Å². The number of nitriles is 1. The molecule has 9 nitrogen and oxygen atoms in total. The number of rotatable bonds is 5. The molecule has 1 amide bonds. The molecule has 29 heavy (non-hydrogen) atoms. The first-order valence-corrected chi connectivity index (χ1v) is 9.35. The van der Waals surface area contributed by atoms with Crippen LogP contribution in [0.15, 0.2) is 30.9 Å². The van der Waals surface area contributed by atoms with Crippen LogP contribution in [0.3, 0.4) is 0 Å². The second kappa shape index (κ2) is 7.05. The number of fused-ring (bicyclic) bond motifs is 1. The van der Waals surface area contributed by atoms with Gasteiger partial charge in [0.2, 0.25) is 5.91 Å². The number of hydrogen-bond donors (Lipinski definition) is 2. The topological polar surface area (TPSA) is 116 Å². The van der Waals surface area contributed by atoms with Crippen LogP contribution in [0.1, 0.15) is 19.4 Å². The number of H-pyrrole nitrogens is 1. The number of carbonyl (C=O) groups is 1. The van der Waals surface area contributed by atoms with Crippen molar-refractivity contribution in [3.8, 4) is 17.3 Å². The average molecular weight is 390 g/mol. The van der Waals surface area contributed by atoms with Gasteiger partial charge in [-0.15, -0.1) is 0 Å². The minimum Gasteiger partial charge on any atom is -0.376 e. The standard InChI is InChI=1S/C20H22N8O/c1-4-15(22-8-17(29)28-11-20(2,10-21)12-28)14-6-23-19-18(14)26-16(7-24-19)13-5-25-27(3)9-13/h4-7,9,22H,8,11-12H2,1-3H3,(H,23,24). The van der Waals surface area contributed by atoms with E-state index in [0.29, 0.717) is 18.7 Å². The van der Waals surface area contributed by atoms with Crippen LogP contribution in [0.5, 0.6) is 0 Å². The maximum atomic E-state index is 12.4. The van der Waals surface area contributed by atoms with Crippen LogP contribution >= 0.6 is 0 Å². The van der Waals surface area contributed by atoms with Crippen LogP contribution in [-0.2, 0) is 11.8 Å². The maximum absolute atomic E-state index is 12.4. The smallest absolute Gasteiger partial charge is 0.241 e. The molecule has 4 rings (SSSR count). The fourth-order valence-corrected chi connectivity index (χ4v) is 3.47. The Bertz CT molecular complexity index is 1140. The molecular formula is C20H22N8O. The van der Waals surface area contributed by atoms with Gasteiger partial charge in [0.05, 0.1) is 36.1 Å². The van der Waals surface area contributed by atoms with Crippen LogP contribution in [0.2, 0.25) is 0 Å². The summed E-state index contributed by atoms with van der Waals surface area (Å²) in [6.07, 6.45) is 9.09. The third kappa shape index (κ3) is 3.45. The number of allylic oxidation sites excluding steroid dienone is 1. The molecule has 0 unspecified atom stereocenters. The van der Waals surface area contributed by atoms with Crippen LogP contribution < -0.4 is 5.32 Å². The molecule has 1 aliphatic rings. The lowest BCUT2D eigenvalue weighted by Crippen LogP contribution is -2.57. The zero-order chi connectivity index (χ0) is 20.6. The molecule has 148 valence electrons. The van der Waals surface area contributed by atoms with Gasteiger partial charge in [0.1, 0.15) is 5.52 Å². The largest absolute Gasteiger partial charge is 0.376 e. The summed E-state index contributed by atoms with van der Waals surface area (Å²) in [5, 5.41) is 16.5. The number of amides is 1. The van der Waals surface area contributed by atoms with Gasteiger partial charge >= 0.3 is 0 Å². The first-order chi connectivity index (χ1) is 13.9. The Labute approximate surface area is 168 Å². The van der Waals surface area contributed by atoms with E-state index in [2.05, 4.69) is 26.5 Å². The molecule has 0 aromatic carbocycles. The molecule has 3 aromatic rings. The van der Waals surface area contributed by atoms with Crippen molar-refractivity contribution in [2.45, 2.75) is 13.8 Å². The molecule has 0 radical (unpaired) electrons. The lowest BCUT2D eigenvalue weighted by Gasteiger charge is -2.43. The van der Waals surface area contributed by atoms with Crippen molar-refractivity contribution in [1.82, 2.24) is 34.9 Å². The van der Waals surface area contributed by atoms with Gasteiger partial charge in [0, 0.05) is 49.4 Å². The third-order valence-electron chi connectivity index (χ3n) is 5.09. The Balaban J connectivity index is 1.52. The van der Waals surface area contributed by atoms with Gasteiger partial charge in [0.25, 0.3) is 0 Å². The Hall–Kier alpha value is -3.67. The van der Waals surface area contributed by atoms with E-state index >= 15 is 0 Å². The highest BCUT2D eigenvalue weighted by molar-refractivity contribution is 5.89. The molecule has 0 saturated carbocycles. The number of aryl methyl sites for hydroxylation is 1. The summed E-state index contributed by atoms with van der Waals surface area (Å²) in [5.74, 6) is -0.0287. The van der Waals surface area contributed by atoms with E-state index in [1.165, 1.54) is 0 Å². The van der Waals surface area contributed by atoms with Crippen molar-refractivity contribution >= 4 is 22.8 Å². The zero-order valence-electron chi connectivity index (χ0n) is 16.6. The summed E-state index contributed by atoms with van der Waals surface area (Å²) < 4.78 is 1.72. The van der Waals surface area contributed by atoms with Crippen molar-refractivity contribution < 1.29 is 4.79 Å². The maximum Gasteiger partial charge on any atom is 0.241 e. The summed E-state index contributed by atoms with van der Waals surface area (Å²) in [6, 6.07) is 2.25. The molecule has 1 saturated heterocycles. The van der Waals surface area contributed by atoms with Crippen LogP contribution in [0.25, 0.3) is 28.1 Å². The summed E-state index contributed by atoms with van der Waals surface area (Å²) in [4.78, 5) is 26.4. The minimum atomic E-state index is -0.422. The number of nitrogens with zero attached hydrogens (tertiary/aromatic N) is 6. The predicted octanol–water partition coefficient (Wildman–Crippen LogP) is 1.68. The predicted molar refractivity (Wildman–Crippen MR) is 108 cm³/mol. The number of likely N-dealkylation sites (tertiary alicyclic amines) is 1. The fraction of sp³-hybridized carbons (Fsp3) is 0.350. The lowest BCUT2D eigenvalue weighted by atomic mass is 9.84. The van der Waals surface area contributed by atoms with E-state index in [4.69, 9.17) is 10.2 Å². The Morgan fingerprint density at radius 2 is 2.24 bits per heavy atom. The third-order valence-corrected chi connectivity index (χ3v) is 5.09. The van der Waals surface area contributed by atoms with Crippen molar-refractivity contribution in [3.63, 3.8) is 0 Å². The molecule has 0 spiro atoms. The number of aromatic amines is 1. The van der Waals surface area contributed by atoms with E-state index in [1.807, 2.05) is 39.4 Å². The zero-order valence-corrected chi connectivity index (χ0v) is 16.6. The first kappa shape index (κ1) is 18.7. The molecule has 0 aliphatic carbocycles. The van der Waals surface area contributed by atoms with Crippen LogP contribution in [-0.4, -0.2) is 55.2 Å². The normalized spacial score (nSPS) is 15.8. The molecule has 9 heteroatoms. The van der Waals surface area contributed by atoms with E-state index < -0.39 is 5.41 Å². The Morgan fingerprint density at radius 1 is 1.45 bits per heavy atom. The second-order valence-electron chi connectivity index (χ2n) is 7.54. The van der Waals surface area contributed by atoms with E-state index in [-0.39, 0.29) is 12.5 Å². The lowest BCUT2D eigenvalue weighted by molar-refractivity contribution is -0.138. The number of hydrogen-bond acceptors (Lipinski definition) is 6. The molecule has 1 fully saturated rings. The van der Waals surface area contributed by atoms with E-state index in [9.17, 15) is 4.79 Å². The van der Waals surface area contributed by atoms with Crippen LogP contribution in [0, 0.1) is 16.7 Å². The highest BCUT2D eigenvalue weighted by Crippen LogP contribution is 2.29. The summed E-state index contributed by atoms with van der Waals surface area (Å²) in [6.45, 7) is 4.88. The number of carbonyl (C=O) groups excluding carboxylic acids is 1. The van der Waals surface area contributed by atoms with Crippen molar-refractivity contribution in [2.75, 3.05) is 19.6 Å². The fourth-order valence-electron chi connectivity index (χ4n) is 3.47. The molecular weight excluding hydrogens is 368 g/mol. The van der Waals surface area contributed by atoms with Gasteiger partial charge in [-0.3, -0.25) is 9.48 Å². The van der Waals surface area contributed by atoms with Gasteiger partial charge in [0.15, 0.2) is 5.65 Å². The first-order valence-electron chi connectivity index (χ1n) is 9.35. The van der Waals surface area contributed by atoms with Crippen molar-refractivity contribution in [2.24, 2.45) is 12.5 Å². The molecule has 3 aromatic heterocycles. The van der Waals surface area contributed by atoms with E-state index in [0.717, 1.165) is 28.0 Å². The van der Waals surface area contributed by atoms with Gasteiger partial charge < -0.3 is 15.2 Å². The number of nitrogens with one attached hydrogen (secondary N) is 2. The Kier molecular flexibility index (Phi) is 4.54. The SMILES string of the molecule is CC=C(NCC(=O)N1CC(C)(C#N)C1)c1c[nH]c2ncc(-c3cnn(C)c3)nc12. The van der Waals surface area contributed by atoms with E-state index in [1.54, 1.807) is 22.0 Å². The second-order valence-corrected chi connectivity index (χ2v) is 7.54. The minimum absolute atomic E-state index is 0.0287. The quantitative estimate of drug-likeness (QED) is 0.685. The molecule has 0 atom stereocenters. The average Bonchev–Trinajstić information content (AvgIpc) is 3.32. The summed E-state index contributed by atoms with van der Waals surface area (Å²) in [7, 11) is 1.85. The van der Waals surface area contributed by atoms with Gasteiger partial charge in [-0.05, 0) is 13.8 Å².